The molecule has 0 aromatic rings. The van der Waals surface area contributed by atoms with Crippen molar-refractivity contribution in [2.45, 2.75) is 768 Å². The molecule has 0 spiro atoms. The fourth-order valence-corrected chi connectivity index (χ4v) is 19.1. The predicted octanol–water partition coefficient (Wildman–Crippen LogP) is 43.7. The van der Waals surface area contributed by atoms with Crippen molar-refractivity contribution >= 4 is 49.1 Å². The van der Waals surface area contributed by atoms with Gasteiger partial charge in [0.2, 0.25) is 0 Å². The number of hydrogen-bond donors (Lipinski definition) is 4. The van der Waals surface area contributed by atoms with Gasteiger partial charge >= 0.3 is 31.2 Å². The summed E-state index contributed by atoms with van der Waals surface area (Å²) in [6.45, 7) is 15.9. The Balaban J connectivity index is -0.000000464. The Morgan fingerprint density at radius 3 is 0.275 bits per heavy atom. The van der Waals surface area contributed by atoms with Crippen molar-refractivity contribution in [3.05, 3.63) is 0 Å². The molecule has 14 nitrogen and oxygen atoms in total. The molecule has 844 valence electrons. The summed E-state index contributed by atoms with van der Waals surface area (Å²) in [5, 5.41) is 34.1. The van der Waals surface area contributed by atoms with Crippen LogP contribution in [0.4, 0.5) is 0 Å². The van der Waals surface area contributed by atoms with Crippen molar-refractivity contribution in [1.29, 1.82) is 0 Å². The molecule has 0 amide bonds. The second kappa shape index (κ2) is 140. The summed E-state index contributed by atoms with van der Waals surface area (Å²) in [7, 11) is -1.59. The molecule has 0 aliphatic heterocycles. The summed E-state index contributed by atoms with van der Waals surface area (Å²) in [4.78, 5) is 79.6. The summed E-state index contributed by atoms with van der Waals surface area (Å²) < 4.78 is 16.3. The maximum Gasteiger partial charge on any atom is 0.870 e. The van der Waals surface area contributed by atoms with Crippen LogP contribution in [-0.4, -0.2) is 69.5 Å². The monoisotopic (exact) mass is 2090 g/mol. The molecule has 0 aromatic heterocycles. The molecule has 0 bridgehead atoms. The van der Waals surface area contributed by atoms with Crippen molar-refractivity contribution in [2.75, 3.05) is 0 Å². The molecule has 0 unspecified atom stereocenters. The summed E-state index contributed by atoms with van der Waals surface area (Å²) in [5.41, 5.74) is 0. The van der Waals surface area contributed by atoms with Gasteiger partial charge in [-0.3, -0.25) is 33.6 Å². The number of carbonyl (C=O) groups is 7. The molecule has 16 heteroatoms. The predicted molar refractivity (Wildman–Crippen MR) is 611 cm³/mol. The Morgan fingerprint density at radius 1 is 0.127 bits per heavy atom. The number of unbranched alkanes of at least 4 members (excludes halogenated alkanes) is 98. The number of rotatable bonds is 115. The van der Waals surface area contributed by atoms with Crippen LogP contribution in [0.15, 0.2) is 0 Å². The zero-order chi connectivity index (χ0) is 104. The zero-order valence-corrected chi connectivity index (χ0v) is 99.1. The zero-order valence-electron chi connectivity index (χ0n) is 96.6. The molecular formula is C126H249BO14Zr. The van der Waals surface area contributed by atoms with E-state index in [1.807, 2.05) is 0 Å². The molecule has 0 heterocycles. The van der Waals surface area contributed by atoms with Crippen molar-refractivity contribution in [1.82, 2.24) is 0 Å². The third-order valence-corrected chi connectivity index (χ3v) is 28.6. The molecule has 142 heavy (non-hydrogen) atoms. The Morgan fingerprint density at radius 2 is 0.197 bits per heavy atom. The SMILES string of the molecule is CCCCCCCCCCCCCCCCCC(=O)O.CCCCCCCCCCCCCCCCCC(=O)O.CCCCCCCCCCCCCCCCCC(=O)O.CCCCCCCCCCCCCCCCCC(=O)O.CCCCCCCCCCCCCCCCCC(=O)OB(OC(=O)CCCCCCCCCCCCCCCCC)OC(=O)CCCCCCCCCCCCCCCCC.[Zr]. The van der Waals surface area contributed by atoms with Crippen LogP contribution < -0.4 is 0 Å². The average Bonchev–Trinajstić information content (AvgIpc) is 0.921. The van der Waals surface area contributed by atoms with Crippen LogP contribution in [0.3, 0.4) is 0 Å². The molecule has 0 aliphatic rings. The molecule has 0 rings (SSSR count). The third kappa shape index (κ3) is 155. The van der Waals surface area contributed by atoms with Crippen molar-refractivity contribution in [3.63, 3.8) is 0 Å². The van der Waals surface area contributed by atoms with Gasteiger partial charge in [-0.2, -0.15) is 0 Å². The average molecular weight is 2090 g/mol. The Hall–Kier alpha value is -2.76. The number of aliphatic carboxylic acids is 4. The molecule has 0 radical (unpaired) electrons. The van der Waals surface area contributed by atoms with Crippen LogP contribution in [0, 0.1) is 0 Å². The molecule has 0 saturated carbocycles. The topological polar surface area (TPSA) is 228 Å². The number of hydrogen-bond acceptors (Lipinski definition) is 10. The second-order valence-electron chi connectivity index (χ2n) is 43.2. The normalized spacial score (nSPS) is 11.0. The van der Waals surface area contributed by atoms with E-state index in [9.17, 15) is 33.6 Å². The third-order valence-electron chi connectivity index (χ3n) is 28.6. The first-order valence-electron chi connectivity index (χ1n) is 63.6. The standard InChI is InChI=1S/C54H105BO6.4C18H36O2.Zr/c1-4-7-10-13-16-19-22-25-28-31-34-37-40-43-46-49-52(56)59-55(60-53(57)50-47-44-41-38-35-32-29-26-23-20-17-14-11-8-5-2)61-54(58)51-48-45-42-39-36-33-30-27-24-21-18-15-12-9-6-3;4*1-2-3-4-5-6-7-8-9-10-11-12-13-14-15-16-17-18(19)20;/h4-51H2,1-3H3;4*2-17H2,1H3,(H,19,20);. The largest absolute Gasteiger partial charge is 0.870 e. The molecular weight excluding hydrogens is 1840 g/mol. The molecule has 0 fully saturated rings. The smallest absolute Gasteiger partial charge is 0.481 e. The first-order chi connectivity index (χ1) is 69.1. The minimum atomic E-state index is -1.59. The summed E-state index contributed by atoms with van der Waals surface area (Å²) >= 11 is 0. The first-order valence-corrected chi connectivity index (χ1v) is 63.6. The summed E-state index contributed by atoms with van der Waals surface area (Å²) in [6, 6.07) is 0. The van der Waals surface area contributed by atoms with Gasteiger partial charge in [0.15, 0.2) is 0 Å². The van der Waals surface area contributed by atoms with Crippen LogP contribution in [-0.2, 0) is 73.7 Å². The van der Waals surface area contributed by atoms with Gasteiger partial charge in [-0.15, -0.1) is 0 Å². The quantitative estimate of drug-likeness (QED) is 0.0328. The van der Waals surface area contributed by atoms with Crippen LogP contribution in [0.1, 0.15) is 768 Å². The minimum absolute atomic E-state index is 0. The maximum absolute atomic E-state index is 12.8. The van der Waals surface area contributed by atoms with Crippen LogP contribution in [0.5, 0.6) is 0 Å². The van der Waals surface area contributed by atoms with E-state index < -0.39 is 49.1 Å². The molecule has 0 aromatic carbocycles. The number of carboxylic acid groups (broad SMARTS) is 4. The van der Waals surface area contributed by atoms with Crippen molar-refractivity contribution in [2.24, 2.45) is 0 Å². The molecule has 0 saturated heterocycles. The minimum Gasteiger partial charge on any atom is -0.481 e. The fraction of sp³-hybridized carbons (Fsp3) is 0.944. The van der Waals surface area contributed by atoms with Gasteiger partial charge in [0.05, 0.1) is 0 Å². The van der Waals surface area contributed by atoms with E-state index in [0.29, 0.717) is 25.7 Å². The molecule has 0 atom stereocenters. The van der Waals surface area contributed by atoms with E-state index in [2.05, 4.69) is 48.5 Å². The van der Waals surface area contributed by atoms with Gasteiger partial charge in [0, 0.05) is 71.1 Å². The van der Waals surface area contributed by atoms with Crippen LogP contribution in [0.2, 0.25) is 0 Å². The van der Waals surface area contributed by atoms with E-state index in [4.69, 9.17) is 34.4 Å². The van der Waals surface area contributed by atoms with Crippen LogP contribution >= 0.6 is 0 Å². The first kappa shape index (κ1) is 150. The van der Waals surface area contributed by atoms with Crippen molar-refractivity contribution < 1.29 is 94.2 Å². The van der Waals surface area contributed by atoms with Gasteiger partial charge in [-0.1, -0.05) is 678 Å². The van der Waals surface area contributed by atoms with Gasteiger partial charge < -0.3 is 34.4 Å². The maximum atomic E-state index is 12.8. The summed E-state index contributed by atoms with van der Waals surface area (Å²) in [6.07, 6.45) is 138. The number of carbonyl (C=O) groups excluding carboxylic acids is 3. The van der Waals surface area contributed by atoms with Crippen molar-refractivity contribution in [3.8, 4) is 0 Å². The van der Waals surface area contributed by atoms with E-state index in [1.54, 1.807) is 0 Å². The van der Waals surface area contributed by atoms with Gasteiger partial charge in [0.25, 0.3) is 17.9 Å². The van der Waals surface area contributed by atoms with Gasteiger partial charge in [0.1, 0.15) is 0 Å². The Labute approximate surface area is 904 Å². The van der Waals surface area contributed by atoms with E-state index in [1.165, 1.54) is 565 Å². The fourth-order valence-electron chi connectivity index (χ4n) is 19.1. The molecule has 0 aliphatic carbocycles. The Kier molecular flexibility index (Phi) is 148. The Bertz CT molecular complexity index is 2110. The molecule has 4 N–H and O–H groups in total. The van der Waals surface area contributed by atoms with E-state index in [0.717, 1.165) is 109 Å². The number of carboxylic acids is 4. The van der Waals surface area contributed by atoms with Crippen LogP contribution in [0.25, 0.3) is 0 Å². The van der Waals surface area contributed by atoms with Gasteiger partial charge in [-0.05, 0) is 44.9 Å². The van der Waals surface area contributed by atoms with E-state index in [-0.39, 0.29) is 45.5 Å². The summed E-state index contributed by atoms with van der Waals surface area (Å²) in [5.74, 6) is -4.03. The second-order valence-corrected chi connectivity index (χ2v) is 43.2. The van der Waals surface area contributed by atoms with E-state index >= 15 is 0 Å². The van der Waals surface area contributed by atoms with Gasteiger partial charge in [-0.25, -0.2) is 0 Å².